The monoisotopic (exact) mass is 229 g/mol. The van der Waals surface area contributed by atoms with E-state index in [0.29, 0.717) is 12.8 Å². The Kier molecular flexibility index (Phi) is 4.29. The summed E-state index contributed by atoms with van der Waals surface area (Å²) in [5, 5.41) is 18.4. The summed E-state index contributed by atoms with van der Waals surface area (Å²) < 4.78 is 0. The topological polar surface area (TPSA) is 77.8 Å². The van der Waals surface area contributed by atoms with Crippen LogP contribution in [0.3, 0.4) is 0 Å². The van der Waals surface area contributed by atoms with Crippen LogP contribution in [0.4, 0.5) is 0 Å². The fourth-order valence-electron chi connectivity index (χ4n) is 2.16. The van der Waals surface area contributed by atoms with Crippen LogP contribution >= 0.6 is 0 Å². The van der Waals surface area contributed by atoms with Gasteiger partial charge in [0.15, 0.2) is 0 Å². The maximum atomic E-state index is 12.0. The van der Waals surface area contributed by atoms with Crippen molar-refractivity contribution in [3.8, 4) is 0 Å². The summed E-state index contributed by atoms with van der Waals surface area (Å²) in [4.78, 5) is 24.3. The zero-order valence-electron chi connectivity index (χ0n) is 9.72. The van der Waals surface area contributed by atoms with Crippen LogP contribution in [-0.2, 0) is 9.59 Å². The van der Waals surface area contributed by atoms with Gasteiger partial charge in [-0.25, -0.2) is 4.79 Å². The first-order valence-corrected chi connectivity index (χ1v) is 5.72. The minimum absolute atomic E-state index is 0.132. The van der Waals surface area contributed by atoms with Gasteiger partial charge < -0.3 is 15.1 Å². The van der Waals surface area contributed by atoms with E-state index in [1.807, 2.05) is 13.8 Å². The molecule has 2 atom stereocenters. The van der Waals surface area contributed by atoms with Gasteiger partial charge in [0.1, 0.15) is 6.04 Å². The van der Waals surface area contributed by atoms with E-state index in [4.69, 9.17) is 5.11 Å². The SMILES string of the molecule is CCC(CC)C(=O)N1C[C@@H](O)C[C@H]1C(=O)O. The Morgan fingerprint density at radius 1 is 1.38 bits per heavy atom. The van der Waals surface area contributed by atoms with Crippen molar-refractivity contribution >= 4 is 11.9 Å². The molecule has 0 unspecified atom stereocenters. The highest BCUT2D eigenvalue weighted by atomic mass is 16.4. The lowest BCUT2D eigenvalue weighted by Crippen LogP contribution is -2.43. The lowest BCUT2D eigenvalue weighted by Gasteiger charge is -2.25. The summed E-state index contributed by atoms with van der Waals surface area (Å²) in [6, 6.07) is -0.858. The Balaban J connectivity index is 2.77. The smallest absolute Gasteiger partial charge is 0.326 e. The Hall–Kier alpha value is -1.10. The van der Waals surface area contributed by atoms with E-state index < -0.39 is 18.1 Å². The average molecular weight is 229 g/mol. The molecule has 0 radical (unpaired) electrons. The second-order valence-electron chi connectivity index (χ2n) is 4.25. The van der Waals surface area contributed by atoms with Crippen molar-refractivity contribution in [1.82, 2.24) is 4.90 Å². The Bertz CT molecular complexity index is 275. The minimum atomic E-state index is -1.03. The molecule has 0 bridgehead atoms. The van der Waals surface area contributed by atoms with Crippen LogP contribution in [0.5, 0.6) is 0 Å². The van der Waals surface area contributed by atoms with Gasteiger partial charge in [-0.1, -0.05) is 13.8 Å². The van der Waals surface area contributed by atoms with Crippen LogP contribution in [0.25, 0.3) is 0 Å². The number of nitrogens with zero attached hydrogens (tertiary/aromatic N) is 1. The molecule has 5 nitrogen and oxygen atoms in total. The third-order valence-corrected chi connectivity index (χ3v) is 3.18. The van der Waals surface area contributed by atoms with Gasteiger partial charge in [-0.3, -0.25) is 4.79 Å². The van der Waals surface area contributed by atoms with Crippen LogP contribution in [0.1, 0.15) is 33.1 Å². The third kappa shape index (κ3) is 2.52. The first-order chi connectivity index (χ1) is 7.51. The maximum Gasteiger partial charge on any atom is 0.326 e. The molecule has 1 aliphatic heterocycles. The third-order valence-electron chi connectivity index (χ3n) is 3.18. The van der Waals surface area contributed by atoms with Gasteiger partial charge in [0.2, 0.25) is 5.91 Å². The van der Waals surface area contributed by atoms with Crippen molar-refractivity contribution in [1.29, 1.82) is 0 Å². The molecule has 1 fully saturated rings. The largest absolute Gasteiger partial charge is 0.480 e. The normalized spacial score (nSPS) is 25.1. The summed E-state index contributed by atoms with van der Waals surface area (Å²) in [5.74, 6) is -1.31. The number of hydrogen-bond donors (Lipinski definition) is 2. The zero-order valence-corrected chi connectivity index (χ0v) is 9.72. The second-order valence-corrected chi connectivity index (χ2v) is 4.25. The van der Waals surface area contributed by atoms with Crippen LogP contribution in [-0.4, -0.2) is 45.7 Å². The molecule has 92 valence electrons. The first-order valence-electron chi connectivity index (χ1n) is 5.72. The number of β-amino-alcohol motifs (C(OH)–C–C–N with tert-alkyl or cyclic N) is 1. The summed E-state index contributed by atoms with van der Waals surface area (Å²) in [6.45, 7) is 3.97. The number of aliphatic hydroxyl groups is 1. The van der Waals surface area contributed by atoms with Gasteiger partial charge in [0.25, 0.3) is 0 Å². The number of likely N-dealkylation sites (tertiary alicyclic amines) is 1. The standard InChI is InChI=1S/C11H19NO4/c1-3-7(4-2)10(14)12-6-8(13)5-9(12)11(15)16/h7-9,13H,3-6H2,1-2H3,(H,15,16)/t8-,9-/m0/s1. The fourth-order valence-corrected chi connectivity index (χ4v) is 2.16. The molecule has 5 heteroatoms. The summed E-state index contributed by atoms with van der Waals surface area (Å²) in [5.41, 5.74) is 0. The summed E-state index contributed by atoms with van der Waals surface area (Å²) in [6.07, 6.45) is 0.837. The van der Waals surface area contributed by atoms with Gasteiger partial charge in [0.05, 0.1) is 6.10 Å². The predicted octanol–water partition coefficient (Wildman–Crippen LogP) is 0.469. The van der Waals surface area contributed by atoms with Gasteiger partial charge in [-0.15, -0.1) is 0 Å². The Morgan fingerprint density at radius 3 is 2.38 bits per heavy atom. The molecule has 0 aliphatic carbocycles. The molecule has 1 aliphatic rings. The van der Waals surface area contributed by atoms with Crippen molar-refractivity contribution in [2.24, 2.45) is 5.92 Å². The number of aliphatic carboxylic acids is 1. The van der Waals surface area contributed by atoms with E-state index in [9.17, 15) is 14.7 Å². The number of carbonyl (C=O) groups excluding carboxylic acids is 1. The molecule has 1 rings (SSSR count). The number of carboxylic acids is 1. The van der Waals surface area contributed by atoms with Crippen LogP contribution in [0.15, 0.2) is 0 Å². The van der Waals surface area contributed by atoms with Crippen molar-refractivity contribution in [3.63, 3.8) is 0 Å². The molecule has 2 N–H and O–H groups in total. The first kappa shape index (κ1) is 13.0. The number of amides is 1. The van der Waals surface area contributed by atoms with Gasteiger partial charge >= 0.3 is 5.97 Å². The van der Waals surface area contributed by atoms with Crippen molar-refractivity contribution in [2.45, 2.75) is 45.3 Å². The maximum absolute atomic E-state index is 12.0. The van der Waals surface area contributed by atoms with E-state index in [0.717, 1.165) is 0 Å². The summed E-state index contributed by atoms with van der Waals surface area (Å²) in [7, 11) is 0. The molecule has 16 heavy (non-hydrogen) atoms. The number of aliphatic hydroxyl groups excluding tert-OH is 1. The predicted molar refractivity (Wildman–Crippen MR) is 57.8 cm³/mol. The van der Waals surface area contributed by atoms with E-state index in [1.165, 1.54) is 4.90 Å². The fraction of sp³-hybridized carbons (Fsp3) is 0.818. The van der Waals surface area contributed by atoms with Gasteiger partial charge in [0, 0.05) is 18.9 Å². The number of carbonyl (C=O) groups is 2. The van der Waals surface area contributed by atoms with E-state index in [2.05, 4.69) is 0 Å². The van der Waals surface area contributed by atoms with Crippen molar-refractivity contribution in [2.75, 3.05) is 6.54 Å². The molecule has 0 aromatic rings. The second kappa shape index (κ2) is 5.30. The highest BCUT2D eigenvalue weighted by Crippen LogP contribution is 2.22. The molecule has 0 aromatic carbocycles. The highest BCUT2D eigenvalue weighted by molar-refractivity contribution is 5.85. The van der Waals surface area contributed by atoms with E-state index >= 15 is 0 Å². The molecule has 0 saturated carbocycles. The van der Waals surface area contributed by atoms with Gasteiger partial charge in [-0.05, 0) is 12.8 Å². The lowest BCUT2D eigenvalue weighted by atomic mass is 10.0. The molecule has 0 aromatic heterocycles. The molecular formula is C11H19NO4. The van der Waals surface area contributed by atoms with Crippen LogP contribution in [0, 0.1) is 5.92 Å². The van der Waals surface area contributed by atoms with E-state index in [-0.39, 0.29) is 24.8 Å². The van der Waals surface area contributed by atoms with Crippen molar-refractivity contribution in [3.05, 3.63) is 0 Å². The van der Waals surface area contributed by atoms with Crippen LogP contribution in [0.2, 0.25) is 0 Å². The quantitative estimate of drug-likeness (QED) is 0.734. The summed E-state index contributed by atoms with van der Waals surface area (Å²) >= 11 is 0. The molecule has 0 spiro atoms. The minimum Gasteiger partial charge on any atom is -0.480 e. The Labute approximate surface area is 95.1 Å². The van der Waals surface area contributed by atoms with Gasteiger partial charge in [-0.2, -0.15) is 0 Å². The average Bonchev–Trinajstić information content (AvgIpc) is 2.62. The zero-order chi connectivity index (χ0) is 12.3. The highest BCUT2D eigenvalue weighted by Gasteiger charge is 2.40. The van der Waals surface area contributed by atoms with Crippen LogP contribution < -0.4 is 0 Å². The molecular weight excluding hydrogens is 210 g/mol. The van der Waals surface area contributed by atoms with Crippen molar-refractivity contribution < 1.29 is 19.8 Å². The number of hydrogen-bond acceptors (Lipinski definition) is 3. The Morgan fingerprint density at radius 2 is 1.94 bits per heavy atom. The molecule has 1 saturated heterocycles. The number of rotatable bonds is 4. The lowest BCUT2D eigenvalue weighted by molar-refractivity contribution is -0.150. The molecule has 1 heterocycles. The van der Waals surface area contributed by atoms with E-state index in [1.54, 1.807) is 0 Å². The number of carboxylic acid groups (broad SMARTS) is 1. The molecule has 1 amide bonds.